The molecule has 0 radical (unpaired) electrons. The SMILES string of the molecule is CC1=NN=C(c2ccc(CN)cc2)[NH2+]1. The number of nitrogens with two attached hydrogens (primary N) is 2. The van der Waals surface area contributed by atoms with Gasteiger partial charge < -0.3 is 5.73 Å². The maximum absolute atomic E-state index is 5.51. The van der Waals surface area contributed by atoms with E-state index in [9.17, 15) is 0 Å². The largest absolute Gasteiger partial charge is 0.326 e. The van der Waals surface area contributed by atoms with Crippen molar-refractivity contribution in [1.82, 2.24) is 0 Å². The average Bonchev–Trinajstić information content (AvgIpc) is 2.65. The Bertz CT molecular complexity index is 389. The summed E-state index contributed by atoms with van der Waals surface area (Å²) in [5.74, 6) is 1.87. The van der Waals surface area contributed by atoms with E-state index >= 15 is 0 Å². The van der Waals surface area contributed by atoms with E-state index in [4.69, 9.17) is 5.73 Å². The Balaban J connectivity index is 2.19. The molecule has 0 unspecified atom stereocenters. The van der Waals surface area contributed by atoms with Crippen LogP contribution in [-0.4, -0.2) is 11.7 Å². The van der Waals surface area contributed by atoms with Crippen LogP contribution >= 0.6 is 0 Å². The van der Waals surface area contributed by atoms with Crippen molar-refractivity contribution in [1.29, 1.82) is 0 Å². The lowest BCUT2D eigenvalue weighted by molar-refractivity contribution is -0.402. The van der Waals surface area contributed by atoms with Crippen LogP contribution in [0.3, 0.4) is 0 Å². The van der Waals surface area contributed by atoms with Crippen LogP contribution in [0.5, 0.6) is 0 Å². The number of quaternary nitrogens is 1. The van der Waals surface area contributed by atoms with Crippen molar-refractivity contribution < 1.29 is 5.32 Å². The molecular formula is C10H13N4+. The molecule has 0 fully saturated rings. The van der Waals surface area contributed by atoms with Gasteiger partial charge in [0.2, 0.25) is 5.84 Å². The summed E-state index contributed by atoms with van der Waals surface area (Å²) >= 11 is 0. The van der Waals surface area contributed by atoms with Crippen LogP contribution in [0.15, 0.2) is 34.5 Å². The Morgan fingerprint density at radius 3 is 2.43 bits per heavy atom. The zero-order valence-electron chi connectivity index (χ0n) is 8.07. The molecule has 1 aromatic carbocycles. The third-order valence-electron chi connectivity index (χ3n) is 2.15. The Morgan fingerprint density at radius 2 is 1.93 bits per heavy atom. The van der Waals surface area contributed by atoms with Crippen LogP contribution in [0.1, 0.15) is 18.1 Å². The Kier molecular flexibility index (Phi) is 2.39. The monoisotopic (exact) mass is 189 g/mol. The Hall–Kier alpha value is -1.52. The number of hydrogen-bond acceptors (Lipinski definition) is 3. The maximum atomic E-state index is 5.51. The molecule has 0 saturated heterocycles. The van der Waals surface area contributed by atoms with Crippen molar-refractivity contribution in [3.8, 4) is 0 Å². The molecule has 2 rings (SSSR count). The van der Waals surface area contributed by atoms with Gasteiger partial charge >= 0.3 is 0 Å². The van der Waals surface area contributed by atoms with Gasteiger partial charge in [0.1, 0.15) is 0 Å². The average molecular weight is 189 g/mol. The second-order valence-corrected chi connectivity index (χ2v) is 3.27. The van der Waals surface area contributed by atoms with E-state index in [-0.39, 0.29) is 0 Å². The first-order valence-electron chi connectivity index (χ1n) is 4.56. The first-order chi connectivity index (χ1) is 6.79. The Labute approximate surface area is 82.5 Å². The van der Waals surface area contributed by atoms with Crippen molar-refractivity contribution in [2.75, 3.05) is 0 Å². The van der Waals surface area contributed by atoms with Gasteiger partial charge in [-0.25, -0.2) is 5.32 Å². The van der Waals surface area contributed by atoms with Crippen molar-refractivity contribution >= 4 is 11.7 Å². The van der Waals surface area contributed by atoms with E-state index in [1.807, 2.05) is 36.5 Å². The van der Waals surface area contributed by atoms with Gasteiger partial charge in [-0.2, -0.15) is 0 Å². The van der Waals surface area contributed by atoms with Gasteiger partial charge in [-0.05, 0) is 17.7 Å². The van der Waals surface area contributed by atoms with E-state index in [1.54, 1.807) is 0 Å². The predicted molar refractivity (Wildman–Crippen MR) is 55.9 cm³/mol. The van der Waals surface area contributed by atoms with Crippen molar-refractivity contribution in [2.45, 2.75) is 13.5 Å². The lowest BCUT2D eigenvalue weighted by atomic mass is 10.1. The topological polar surface area (TPSA) is 67.3 Å². The summed E-state index contributed by atoms with van der Waals surface area (Å²) in [5, 5.41) is 9.99. The minimum Gasteiger partial charge on any atom is -0.326 e. The van der Waals surface area contributed by atoms with Gasteiger partial charge in [-0.15, -0.1) is 0 Å². The van der Waals surface area contributed by atoms with Gasteiger partial charge in [-0.3, -0.25) is 0 Å². The zero-order chi connectivity index (χ0) is 9.97. The van der Waals surface area contributed by atoms with Gasteiger partial charge in [0.15, 0.2) is 0 Å². The highest BCUT2D eigenvalue weighted by Gasteiger charge is 2.14. The summed E-state index contributed by atoms with van der Waals surface area (Å²) in [6.07, 6.45) is 0. The number of benzene rings is 1. The summed E-state index contributed by atoms with van der Waals surface area (Å²) in [4.78, 5) is 0. The lowest BCUT2D eigenvalue weighted by Gasteiger charge is -1.99. The zero-order valence-corrected chi connectivity index (χ0v) is 8.07. The molecule has 4 heteroatoms. The number of nitrogens with zero attached hydrogens (tertiary/aromatic N) is 2. The smallest absolute Gasteiger partial charge is 0.257 e. The van der Waals surface area contributed by atoms with Gasteiger partial charge in [-0.1, -0.05) is 22.3 Å². The summed E-state index contributed by atoms with van der Waals surface area (Å²) < 4.78 is 0. The van der Waals surface area contributed by atoms with E-state index in [0.29, 0.717) is 6.54 Å². The summed E-state index contributed by atoms with van der Waals surface area (Å²) in [7, 11) is 0. The fourth-order valence-corrected chi connectivity index (χ4v) is 1.34. The molecule has 1 aliphatic rings. The molecule has 14 heavy (non-hydrogen) atoms. The molecule has 72 valence electrons. The van der Waals surface area contributed by atoms with E-state index in [1.165, 1.54) is 0 Å². The molecule has 0 atom stereocenters. The van der Waals surface area contributed by atoms with Crippen molar-refractivity contribution in [3.63, 3.8) is 0 Å². The van der Waals surface area contributed by atoms with E-state index < -0.39 is 0 Å². The fraction of sp³-hybridized carbons (Fsp3) is 0.200. The minimum atomic E-state index is 0.575. The first-order valence-corrected chi connectivity index (χ1v) is 4.56. The molecule has 1 heterocycles. The molecule has 4 N–H and O–H groups in total. The fourth-order valence-electron chi connectivity index (χ4n) is 1.34. The second-order valence-electron chi connectivity index (χ2n) is 3.27. The molecule has 0 amide bonds. The normalized spacial score (nSPS) is 15.3. The molecule has 4 nitrogen and oxygen atoms in total. The summed E-state index contributed by atoms with van der Waals surface area (Å²) in [6, 6.07) is 8.07. The molecule has 0 aromatic heterocycles. The molecule has 0 aliphatic carbocycles. The van der Waals surface area contributed by atoms with Gasteiger partial charge in [0.25, 0.3) is 5.84 Å². The van der Waals surface area contributed by atoms with E-state index in [2.05, 4.69) is 10.2 Å². The highest BCUT2D eigenvalue weighted by molar-refractivity contribution is 5.98. The molecule has 0 spiro atoms. The maximum Gasteiger partial charge on any atom is 0.257 e. The molecule has 1 aliphatic heterocycles. The van der Waals surface area contributed by atoms with Crippen LogP contribution in [0, 0.1) is 0 Å². The van der Waals surface area contributed by atoms with Crippen LogP contribution < -0.4 is 11.1 Å². The second kappa shape index (κ2) is 3.69. The highest BCUT2D eigenvalue weighted by Crippen LogP contribution is 2.04. The van der Waals surface area contributed by atoms with Crippen LogP contribution in [-0.2, 0) is 6.54 Å². The van der Waals surface area contributed by atoms with Crippen LogP contribution in [0.25, 0.3) is 0 Å². The summed E-state index contributed by atoms with van der Waals surface area (Å²) in [6.45, 7) is 2.51. The van der Waals surface area contributed by atoms with Gasteiger partial charge in [0.05, 0.1) is 5.56 Å². The molecule has 0 bridgehead atoms. The quantitative estimate of drug-likeness (QED) is 0.665. The number of amidine groups is 2. The highest BCUT2D eigenvalue weighted by atomic mass is 15.3. The van der Waals surface area contributed by atoms with Crippen LogP contribution in [0.4, 0.5) is 0 Å². The molecule has 0 saturated carbocycles. The minimum absolute atomic E-state index is 0.575. The third kappa shape index (κ3) is 1.71. The van der Waals surface area contributed by atoms with Crippen LogP contribution in [0.2, 0.25) is 0 Å². The Morgan fingerprint density at radius 1 is 1.21 bits per heavy atom. The first kappa shape index (κ1) is 9.05. The molecule has 1 aromatic rings. The standard InChI is InChI=1S/C10H12N4/c1-7-12-10(14-13-7)9-4-2-8(6-11)3-5-9/h2-5H,6,11H2,1H3,(H,12,13,14)/p+1. The summed E-state index contributed by atoms with van der Waals surface area (Å²) in [5.41, 5.74) is 7.73. The number of hydrogen-bond donors (Lipinski definition) is 2. The van der Waals surface area contributed by atoms with E-state index in [0.717, 1.165) is 22.8 Å². The van der Waals surface area contributed by atoms with Crippen molar-refractivity contribution in [3.05, 3.63) is 35.4 Å². The number of rotatable bonds is 2. The molecular weight excluding hydrogens is 176 g/mol. The predicted octanol–water partition coefficient (Wildman–Crippen LogP) is -0.198. The third-order valence-corrected chi connectivity index (χ3v) is 2.15. The van der Waals surface area contributed by atoms with Gasteiger partial charge in [0, 0.05) is 13.5 Å². The lowest BCUT2D eigenvalue weighted by Crippen LogP contribution is -2.89. The van der Waals surface area contributed by atoms with Crippen molar-refractivity contribution in [2.24, 2.45) is 15.9 Å².